The average Bonchev–Trinajstić information content (AvgIpc) is 2.75. The van der Waals surface area contributed by atoms with E-state index in [1.54, 1.807) is 11.6 Å². The first-order valence-corrected chi connectivity index (χ1v) is 5.46. The van der Waals surface area contributed by atoms with Crippen molar-refractivity contribution in [1.29, 1.82) is 0 Å². The number of hydrogen-bond donors (Lipinski definition) is 1. The van der Waals surface area contributed by atoms with Gasteiger partial charge < -0.3 is 0 Å². The second kappa shape index (κ2) is 3.81. The number of aromatic nitrogens is 3. The summed E-state index contributed by atoms with van der Waals surface area (Å²) in [5.41, 5.74) is 0. The van der Waals surface area contributed by atoms with Crippen LogP contribution in [0.15, 0.2) is 11.6 Å². The zero-order valence-electron chi connectivity index (χ0n) is 7.22. The Balaban J connectivity index is 2.09. The molecular weight excluding hydrogens is 220 g/mol. The molecule has 0 aliphatic carbocycles. The average molecular weight is 226 g/mol. The summed E-state index contributed by atoms with van der Waals surface area (Å²) in [6, 6.07) is 0. The second-order valence-electron chi connectivity index (χ2n) is 2.42. The van der Waals surface area contributed by atoms with Gasteiger partial charge in [0, 0.05) is 11.6 Å². The summed E-state index contributed by atoms with van der Waals surface area (Å²) in [6.45, 7) is 1.83. The first-order valence-electron chi connectivity index (χ1n) is 3.76. The van der Waals surface area contributed by atoms with Gasteiger partial charge in [-0.05, 0) is 6.92 Å². The molecule has 0 spiro atoms. The van der Waals surface area contributed by atoms with Gasteiger partial charge in [0.05, 0.1) is 0 Å². The van der Waals surface area contributed by atoms with Crippen molar-refractivity contribution in [2.24, 2.45) is 0 Å². The number of amides is 1. The highest BCUT2D eigenvalue weighted by Gasteiger charge is 2.10. The van der Waals surface area contributed by atoms with Crippen LogP contribution in [0.3, 0.4) is 0 Å². The molecule has 2 rings (SSSR count). The van der Waals surface area contributed by atoms with Crippen molar-refractivity contribution < 1.29 is 4.79 Å². The van der Waals surface area contributed by atoms with E-state index in [1.807, 2.05) is 6.92 Å². The minimum absolute atomic E-state index is 0.240. The molecule has 2 aromatic heterocycles. The van der Waals surface area contributed by atoms with Crippen molar-refractivity contribution in [3.8, 4) is 0 Å². The molecule has 0 aliphatic rings. The first kappa shape index (κ1) is 9.22. The predicted molar refractivity (Wildman–Crippen MR) is 54.7 cm³/mol. The molecule has 0 fully saturated rings. The van der Waals surface area contributed by atoms with Crippen LogP contribution in [0.1, 0.15) is 14.8 Å². The third-order valence-corrected chi connectivity index (χ3v) is 2.90. The van der Waals surface area contributed by atoms with E-state index in [-0.39, 0.29) is 5.91 Å². The lowest BCUT2D eigenvalue weighted by molar-refractivity contribution is 0.102. The summed E-state index contributed by atoms with van der Waals surface area (Å²) in [5, 5.41) is 13.7. The highest BCUT2D eigenvalue weighted by Crippen LogP contribution is 2.15. The first-order chi connectivity index (χ1) is 6.75. The summed E-state index contributed by atoms with van der Waals surface area (Å²) >= 11 is 2.63. The second-order valence-corrected chi connectivity index (χ2v) is 4.49. The summed E-state index contributed by atoms with van der Waals surface area (Å²) in [7, 11) is 0. The van der Waals surface area contributed by atoms with Crippen LogP contribution in [-0.4, -0.2) is 21.1 Å². The monoisotopic (exact) mass is 226 g/mol. The Bertz CT molecular complexity index is 436. The van der Waals surface area contributed by atoms with Gasteiger partial charge in [-0.2, -0.15) is 0 Å². The van der Waals surface area contributed by atoms with Crippen molar-refractivity contribution in [2.45, 2.75) is 6.92 Å². The summed E-state index contributed by atoms with van der Waals surface area (Å²) in [6.07, 6.45) is 1.59. The lowest BCUT2D eigenvalue weighted by Gasteiger charge is -1.94. The fourth-order valence-corrected chi connectivity index (χ4v) is 1.95. The number of carbonyl (C=O) groups is 1. The molecule has 7 heteroatoms. The van der Waals surface area contributed by atoms with Gasteiger partial charge in [0.1, 0.15) is 5.01 Å². The lowest BCUT2D eigenvalue weighted by atomic mass is 10.6. The van der Waals surface area contributed by atoms with Gasteiger partial charge in [0.2, 0.25) is 5.13 Å². The van der Waals surface area contributed by atoms with E-state index >= 15 is 0 Å². The Morgan fingerprint density at radius 2 is 2.36 bits per heavy atom. The number of rotatable bonds is 2. The van der Waals surface area contributed by atoms with Crippen molar-refractivity contribution in [3.63, 3.8) is 0 Å². The molecule has 0 unspecified atom stereocenters. The standard InChI is InChI=1S/C7H6N4OS2/c1-4-10-11-7(14-4)9-5(12)6-8-2-3-13-6/h2-3H,1H3,(H,9,11,12). The highest BCUT2D eigenvalue weighted by atomic mass is 32.1. The molecule has 2 heterocycles. The Morgan fingerprint density at radius 1 is 1.50 bits per heavy atom. The van der Waals surface area contributed by atoms with E-state index in [4.69, 9.17) is 0 Å². The van der Waals surface area contributed by atoms with Gasteiger partial charge in [-0.25, -0.2) is 4.98 Å². The number of nitrogens with one attached hydrogen (secondary N) is 1. The zero-order chi connectivity index (χ0) is 9.97. The molecule has 0 atom stereocenters. The van der Waals surface area contributed by atoms with Crippen LogP contribution in [0, 0.1) is 6.92 Å². The molecule has 5 nitrogen and oxygen atoms in total. The Kier molecular flexibility index (Phi) is 2.51. The highest BCUT2D eigenvalue weighted by molar-refractivity contribution is 7.15. The Labute approximate surface area is 87.8 Å². The maximum absolute atomic E-state index is 11.5. The molecular formula is C7H6N4OS2. The quantitative estimate of drug-likeness (QED) is 0.843. The summed E-state index contributed by atoms with van der Waals surface area (Å²) < 4.78 is 0. The fraction of sp³-hybridized carbons (Fsp3) is 0.143. The number of hydrogen-bond acceptors (Lipinski definition) is 6. The number of anilines is 1. The van der Waals surface area contributed by atoms with E-state index < -0.39 is 0 Å². The van der Waals surface area contributed by atoms with Gasteiger partial charge in [-0.3, -0.25) is 10.1 Å². The molecule has 0 saturated heterocycles. The number of thiazole rings is 1. The van der Waals surface area contributed by atoms with E-state index in [1.165, 1.54) is 22.7 Å². The summed E-state index contributed by atoms with van der Waals surface area (Å²) in [5.74, 6) is -0.240. The number of aryl methyl sites for hydroxylation is 1. The van der Waals surface area contributed by atoms with Crippen molar-refractivity contribution in [2.75, 3.05) is 5.32 Å². The van der Waals surface area contributed by atoms with Gasteiger partial charge >= 0.3 is 0 Å². The van der Waals surface area contributed by atoms with Crippen LogP contribution in [0.4, 0.5) is 5.13 Å². The van der Waals surface area contributed by atoms with Crippen LogP contribution < -0.4 is 5.32 Å². The lowest BCUT2D eigenvalue weighted by Crippen LogP contribution is -2.10. The normalized spacial score (nSPS) is 10.1. The summed E-state index contributed by atoms with van der Waals surface area (Å²) in [4.78, 5) is 15.3. The van der Waals surface area contributed by atoms with Crippen molar-refractivity contribution in [3.05, 3.63) is 21.6 Å². The fourth-order valence-electron chi connectivity index (χ4n) is 0.833. The predicted octanol–water partition coefficient (Wildman–Crippen LogP) is 1.56. The van der Waals surface area contributed by atoms with Gasteiger partial charge in [0.25, 0.3) is 5.91 Å². The molecule has 0 radical (unpaired) electrons. The van der Waals surface area contributed by atoms with Gasteiger partial charge in [0.15, 0.2) is 5.01 Å². The molecule has 1 N–H and O–H groups in total. The van der Waals surface area contributed by atoms with E-state index in [9.17, 15) is 4.79 Å². The van der Waals surface area contributed by atoms with E-state index in [0.29, 0.717) is 10.1 Å². The van der Waals surface area contributed by atoms with E-state index in [2.05, 4.69) is 20.5 Å². The minimum atomic E-state index is -0.240. The minimum Gasteiger partial charge on any atom is -0.294 e. The van der Waals surface area contributed by atoms with Crippen LogP contribution in [0.2, 0.25) is 0 Å². The number of carbonyl (C=O) groups excluding carboxylic acids is 1. The third kappa shape index (κ3) is 1.94. The maximum atomic E-state index is 11.5. The number of nitrogens with zero attached hydrogens (tertiary/aromatic N) is 3. The molecule has 72 valence electrons. The van der Waals surface area contributed by atoms with Crippen molar-refractivity contribution >= 4 is 33.7 Å². The Hall–Kier alpha value is -1.34. The SMILES string of the molecule is Cc1nnc(NC(=O)c2nccs2)s1. The van der Waals surface area contributed by atoms with Gasteiger partial charge in [-0.1, -0.05) is 11.3 Å². The molecule has 0 aliphatic heterocycles. The maximum Gasteiger partial charge on any atom is 0.286 e. The molecule has 0 bridgehead atoms. The van der Waals surface area contributed by atoms with E-state index in [0.717, 1.165) is 5.01 Å². The molecule has 0 saturated carbocycles. The van der Waals surface area contributed by atoms with Crippen LogP contribution in [0.25, 0.3) is 0 Å². The zero-order valence-corrected chi connectivity index (χ0v) is 8.85. The largest absolute Gasteiger partial charge is 0.294 e. The van der Waals surface area contributed by atoms with Crippen molar-refractivity contribution in [1.82, 2.24) is 15.2 Å². The Morgan fingerprint density at radius 3 is 2.93 bits per heavy atom. The smallest absolute Gasteiger partial charge is 0.286 e. The van der Waals surface area contributed by atoms with Gasteiger partial charge in [-0.15, -0.1) is 21.5 Å². The third-order valence-electron chi connectivity index (χ3n) is 1.37. The van der Waals surface area contributed by atoms with Crippen LogP contribution >= 0.6 is 22.7 Å². The molecule has 1 amide bonds. The molecule has 0 aromatic carbocycles. The van der Waals surface area contributed by atoms with Crippen LogP contribution in [0.5, 0.6) is 0 Å². The molecule has 2 aromatic rings. The van der Waals surface area contributed by atoms with Crippen LogP contribution in [-0.2, 0) is 0 Å². The molecule has 14 heavy (non-hydrogen) atoms. The topological polar surface area (TPSA) is 67.8 Å².